The topological polar surface area (TPSA) is 21.3 Å². The second kappa shape index (κ2) is 6.27. The van der Waals surface area contributed by atoms with Crippen molar-refractivity contribution >= 4 is 5.69 Å². The minimum absolute atomic E-state index is 0.307. The third kappa shape index (κ3) is 3.62. The van der Waals surface area contributed by atoms with Crippen LogP contribution in [0.3, 0.4) is 0 Å². The molecule has 0 saturated heterocycles. The molecule has 2 nitrogen and oxygen atoms in total. The normalized spacial score (nSPS) is 23.4. The van der Waals surface area contributed by atoms with Crippen molar-refractivity contribution in [2.24, 2.45) is 11.8 Å². The summed E-state index contributed by atoms with van der Waals surface area (Å²) in [7, 11) is 1.50. The van der Waals surface area contributed by atoms with Gasteiger partial charge in [-0.15, -0.1) is 0 Å². The van der Waals surface area contributed by atoms with Gasteiger partial charge in [0.15, 0.2) is 11.6 Å². The van der Waals surface area contributed by atoms with Crippen molar-refractivity contribution in [3.05, 3.63) is 24.0 Å². The Balaban J connectivity index is 2.00. The zero-order chi connectivity index (χ0) is 13.8. The van der Waals surface area contributed by atoms with E-state index in [0.29, 0.717) is 11.8 Å². The van der Waals surface area contributed by atoms with Crippen LogP contribution in [0.15, 0.2) is 18.2 Å². The van der Waals surface area contributed by atoms with E-state index < -0.39 is 0 Å². The number of benzene rings is 1. The number of nitrogens with one attached hydrogen (secondary N) is 1. The van der Waals surface area contributed by atoms with Gasteiger partial charge in [0, 0.05) is 17.8 Å². The molecule has 0 aromatic heterocycles. The molecule has 3 heteroatoms. The third-order valence-electron chi connectivity index (χ3n) is 4.18. The predicted molar refractivity (Wildman–Crippen MR) is 77.2 cm³/mol. The lowest BCUT2D eigenvalue weighted by Crippen LogP contribution is -2.29. The SMILES string of the molecule is COc1cc(NC2CCCC(C(C)C)C2)ccc1F. The molecule has 1 saturated carbocycles. The number of hydrogen-bond acceptors (Lipinski definition) is 2. The standard InChI is InChI=1S/C16H24FNO/c1-11(2)12-5-4-6-13(9-12)18-14-7-8-15(17)16(10-14)19-3/h7-8,10-13,18H,4-6,9H2,1-3H3. The van der Waals surface area contributed by atoms with Gasteiger partial charge in [0.2, 0.25) is 0 Å². The maximum Gasteiger partial charge on any atom is 0.165 e. The highest BCUT2D eigenvalue weighted by Crippen LogP contribution is 2.32. The molecule has 1 aliphatic carbocycles. The average molecular weight is 265 g/mol. The van der Waals surface area contributed by atoms with Crippen LogP contribution in [0.2, 0.25) is 0 Å². The fourth-order valence-electron chi connectivity index (χ4n) is 2.95. The first kappa shape index (κ1) is 14.2. The number of rotatable bonds is 4. The summed E-state index contributed by atoms with van der Waals surface area (Å²) < 4.78 is 18.4. The predicted octanol–water partition coefficient (Wildman–Crippen LogP) is 4.46. The summed E-state index contributed by atoms with van der Waals surface area (Å²) in [5, 5.41) is 3.52. The zero-order valence-corrected chi connectivity index (χ0v) is 12.1. The van der Waals surface area contributed by atoms with E-state index in [-0.39, 0.29) is 5.82 Å². The van der Waals surface area contributed by atoms with Crippen molar-refractivity contribution in [3.63, 3.8) is 0 Å². The Hall–Kier alpha value is -1.25. The van der Waals surface area contributed by atoms with Crippen LogP contribution in [0.25, 0.3) is 0 Å². The highest BCUT2D eigenvalue weighted by atomic mass is 19.1. The molecule has 0 bridgehead atoms. The Morgan fingerprint density at radius 2 is 2.11 bits per heavy atom. The zero-order valence-electron chi connectivity index (χ0n) is 12.1. The maximum absolute atomic E-state index is 13.4. The van der Waals surface area contributed by atoms with Gasteiger partial charge in [0.05, 0.1) is 7.11 Å². The minimum atomic E-state index is -0.309. The van der Waals surface area contributed by atoms with Crippen molar-refractivity contribution in [1.29, 1.82) is 0 Å². The van der Waals surface area contributed by atoms with Gasteiger partial charge in [-0.05, 0) is 36.8 Å². The van der Waals surface area contributed by atoms with Gasteiger partial charge in [-0.25, -0.2) is 4.39 Å². The van der Waals surface area contributed by atoms with Crippen LogP contribution in [0, 0.1) is 17.7 Å². The summed E-state index contributed by atoms with van der Waals surface area (Å²) in [6.45, 7) is 4.60. The van der Waals surface area contributed by atoms with Crippen LogP contribution in [0.5, 0.6) is 5.75 Å². The molecule has 1 fully saturated rings. The molecule has 1 aromatic carbocycles. The number of methoxy groups -OCH3 is 1. The van der Waals surface area contributed by atoms with Crippen molar-refractivity contribution in [3.8, 4) is 5.75 Å². The monoisotopic (exact) mass is 265 g/mol. The molecule has 2 unspecified atom stereocenters. The van der Waals surface area contributed by atoms with Gasteiger partial charge in [-0.3, -0.25) is 0 Å². The fraction of sp³-hybridized carbons (Fsp3) is 0.625. The molecule has 2 atom stereocenters. The number of ether oxygens (including phenoxy) is 1. The largest absolute Gasteiger partial charge is 0.494 e. The lowest BCUT2D eigenvalue weighted by molar-refractivity contribution is 0.264. The molecule has 2 rings (SSSR count). The first-order valence-electron chi connectivity index (χ1n) is 7.20. The Labute approximate surface area is 115 Å². The molecule has 0 heterocycles. The van der Waals surface area contributed by atoms with Crippen molar-refractivity contribution in [1.82, 2.24) is 0 Å². The van der Waals surface area contributed by atoms with Crippen LogP contribution in [0.1, 0.15) is 39.5 Å². The lowest BCUT2D eigenvalue weighted by Gasteiger charge is -2.32. The number of anilines is 1. The van der Waals surface area contributed by atoms with Crippen LogP contribution >= 0.6 is 0 Å². The van der Waals surface area contributed by atoms with Crippen LogP contribution < -0.4 is 10.1 Å². The molecule has 106 valence electrons. The van der Waals surface area contributed by atoms with Crippen molar-refractivity contribution in [2.75, 3.05) is 12.4 Å². The van der Waals surface area contributed by atoms with Crippen LogP contribution in [-0.4, -0.2) is 13.2 Å². The summed E-state index contributed by atoms with van der Waals surface area (Å²) in [6, 6.07) is 5.49. The molecular formula is C16H24FNO. The van der Waals surface area contributed by atoms with E-state index in [4.69, 9.17) is 4.74 Å². The lowest BCUT2D eigenvalue weighted by atomic mass is 9.79. The van der Waals surface area contributed by atoms with E-state index in [0.717, 1.165) is 17.5 Å². The fourth-order valence-corrected chi connectivity index (χ4v) is 2.95. The Kier molecular flexibility index (Phi) is 4.67. The van der Waals surface area contributed by atoms with Gasteiger partial charge in [-0.1, -0.05) is 26.7 Å². The average Bonchev–Trinajstić information content (AvgIpc) is 2.41. The Bertz CT molecular complexity index is 419. The molecule has 19 heavy (non-hydrogen) atoms. The first-order valence-corrected chi connectivity index (χ1v) is 7.20. The quantitative estimate of drug-likeness (QED) is 0.867. The van der Waals surface area contributed by atoms with Gasteiger partial charge < -0.3 is 10.1 Å². The molecule has 0 aliphatic heterocycles. The van der Waals surface area contributed by atoms with E-state index in [9.17, 15) is 4.39 Å². The number of halogens is 1. The highest BCUT2D eigenvalue weighted by molar-refractivity contribution is 5.49. The van der Waals surface area contributed by atoms with E-state index in [1.54, 1.807) is 12.1 Å². The minimum Gasteiger partial charge on any atom is -0.494 e. The van der Waals surface area contributed by atoms with Crippen LogP contribution in [-0.2, 0) is 0 Å². The molecule has 1 N–H and O–H groups in total. The molecule has 1 aliphatic rings. The van der Waals surface area contributed by atoms with E-state index in [2.05, 4.69) is 19.2 Å². The molecule has 1 aromatic rings. The molecular weight excluding hydrogens is 241 g/mol. The van der Waals surface area contributed by atoms with Gasteiger partial charge >= 0.3 is 0 Å². The van der Waals surface area contributed by atoms with Crippen LogP contribution in [0.4, 0.5) is 10.1 Å². The van der Waals surface area contributed by atoms with Gasteiger partial charge in [-0.2, -0.15) is 0 Å². The Morgan fingerprint density at radius 1 is 1.32 bits per heavy atom. The molecule has 0 radical (unpaired) electrons. The van der Waals surface area contributed by atoms with Crippen molar-refractivity contribution in [2.45, 2.75) is 45.6 Å². The maximum atomic E-state index is 13.4. The summed E-state index contributed by atoms with van der Waals surface area (Å²) in [5.74, 6) is 1.54. The highest BCUT2D eigenvalue weighted by Gasteiger charge is 2.24. The summed E-state index contributed by atoms with van der Waals surface area (Å²) in [5.41, 5.74) is 0.952. The Morgan fingerprint density at radius 3 is 2.79 bits per heavy atom. The number of hydrogen-bond donors (Lipinski definition) is 1. The summed E-state index contributed by atoms with van der Waals surface area (Å²) in [4.78, 5) is 0. The summed E-state index contributed by atoms with van der Waals surface area (Å²) in [6.07, 6.45) is 5.02. The molecule has 0 spiro atoms. The van der Waals surface area contributed by atoms with E-state index >= 15 is 0 Å². The van der Waals surface area contributed by atoms with E-state index in [1.165, 1.54) is 38.9 Å². The van der Waals surface area contributed by atoms with Gasteiger partial charge in [0.1, 0.15) is 0 Å². The van der Waals surface area contributed by atoms with E-state index in [1.807, 2.05) is 0 Å². The smallest absolute Gasteiger partial charge is 0.165 e. The second-order valence-corrected chi connectivity index (χ2v) is 5.86. The second-order valence-electron chi connectivity index (χ2n) is 5.86. The third-order valence-corrected chi connectivity index (χ3v) is 4.18. The van der Waals surface area contributed by atoms with Crippen molar-refractivity contribution < 1.29 is 9.13 Å². The summed E-state index contributed by atoms with van der Waals surface area (Å²) >= 11 is 0. The van der Waals surface area contributed by atoms with Gasteiger partial charge in [0.25, 0.3) is 0 Å². The first-order chi connectivity index (χ1) is 9.10. The molecule has 0 amide bonds.